The van der Waals surface area contributed by atoms with Gasteiger partial charge in [0, 0.05) is 11.1 Å². The smallest absolute Gasteiger partial charge is 0.0654 e. The molecular weight excluding hydrogens is 439 g/mol. The van der Waals surface area contributed by atoms with Crippen LogP contribution in [0, 0.1) is 7.14 Å². The Morgan fingerprint density at radius 1 is 0.556 bits per heavy atom. The Bertz CT molecular complexity index is 591. The number of halogens is 1. The molecule has 0 aliphatic carbocycles. The molecule has 0 heterocycles. The quantitative estimate of drug-likeness (QED) is 0.370. The molecular formula is C26H38I+. The van der Waals surface area contributed by atoms with E-state index in [-0.39, 0.29) is 21.2 Å². The lowest BCUT2D eigenvalue weighted by Gasteiger charge is -2.17. The van der Waals surface area contributed by atoms with Gasteiger partial charge in [0.15, 0.2) is 7.14 Å². The second-order valence-corrected chi connectivity index (χ2v) is 10.5. The lowest BCUT2D eigenvalue weighted by atomic mass is 9.90. The Hall–Kier alpha value is -0.830. The third-order valence-corrected chi connectivity index (χ3v) is 8.57. The topological polar surface area (TPSA) is 0 Å². The predicted molar refractivity (Wildman–Crippen MR) is 115 cm³/mol. The van der Waals surface area contributed by atoms with E-state index in [0.29, 0.717) is 0 Å². The van der Waals surface area contributed by atoms with Gasteiger partial charge in [0.25, 0.3) is 0 Å². The fraction of sp³-hybridized carbons (Fsp3) is 0.538. The van der Waals surface area contributed by atoms with Gasteiger partial charge >= 0.3 is 21.2 Å². The van der Waals surface area contributed by atoms with Gasteiger partial charge in [-0.2, -0.15) is 0 Å². The Balaban J connectivity index is 2.35. The lowest BCUT2D eigenvalue weighted by molar-refractivity contribution is -0.599. The fourth-order valence-corrected chi connectivity index (χ4v) is 7.46. The fourth-order valence-electron chi connectivity index (χ4n) is 4.20. The van der Waals surface area contributed by atoms with Crippen LogP contribution in [-0.4, -0.2) is 0 Å². The van der Waals surface area contributed by atoms with Gasteiger partial charge < -0.3 is 0 Å². The average molecular weight is 477 g/mol. The zero-order chi connectivity index (χ0) is 19.5. The molecule has 27 heavy (non-hydrogen) atoms. The van der Waals surface area contributed by atoms with E-state index < -0.39 is 0 Å². The summed E-state index contributed by atoms with van der Waals surface area (Å²) in [6.45, 7) is 9.32. The zero-order valence-corrected chi connectivity index (χ0v) is 20.0. The van der Waals surface area contributed by atoms with Gasteiger partial charge in [-0.05, 0) is 49.7 Å². The van der Waals surface area contributed by atoms with Crippen LogP contribution < -0.4 is 21.2 Å². The van der Waals surface area contributed by atoms with Crippen molar-refractivity contribution in [3.05, 3.63) is 66.8 Å². The Labute approximate surface area is 178 Å². The van der Waals surface area contributed by atoms with Gasteiger partial charge in [-0.15, -0.1) is 0 Å². The summed E-state index contributed by atoms with van der Waals surface area (Å²) >= 11 is -0.127. The molecule has 0 saturated heterocycles. The maximum absolute atomic E-state index is 2.42. The molecule has 0 N–H and O–H groups in total. The van der Waals surface area contributed by atoms with Gasteiger partial charge in [-0.25, -0.2) is 0 Å². The van der Waals surface area contributed by atoms with E-state index in [1.807, 2.05) is 0 Å². The van der Waals surface area contributed by atoms with Crippen LogP contribution in [0.2, 0.25) is 0 Å². The molecule has 0 unspecified atom stereocenters. The molecule has 148 valence electrons. The summed E-state index contributed by atoms with van der Waals surface area (Å²) in [6, 6.07) is 18.7. The number of rotatable bonds is 12. The van der Waals surface area contributed by atoms with E-state index in [1.54, 1.807) is 18.3 Å². The van der Waals surface area contributed by atoms with Gasteiger partial charge in [0.2, 0.25) is 0 Å². The zero-order valence-electron chi connectivity index (χ0n) is 17.8. The van der Waals surface area contributed by atoms with Crippen LogP contribution in [0.4, 0.5) is 0 Å². The second kappa shape index (κ2) is 12.6. The highest BCUT2D eigenvalue weighted by atomic mass is 127. The molecule has 0 aliphatic rings. The molecule has 0 radical (unpaired) electrons. The first-order chi connectivity index (χ1) is 13.2. The highest BCUT2D eigenvalue weighted by molar-refractivity contribution is 5.22. The van der Waals surface area contributed by atoms with Crippen molar-refractivity contribution in [3.8, 4) is 0 Å². The molecule has 2 aromatic rings. The monoisotopic (exact) mass is 477 g/mol. The third kappa shape index (κ3) is 6.62. The maximum atomic E-state index is 2.42. The predicted octanol–water partition coefficient (Wildman–Crippen LogP) is 5.18. The normalized spacial score (nSPS) is 11.5. The van der Waals surface area contributed by atoms with Gasteiger partial charge in [0.05, 0.1) is 0 Å². The van der Waals surface area contributed by atoms with Crippen LogP contribution in [0.5, 0.6) is 0 Å². The SMILES string of the molecule is CCCC(CCC)c1ccccc1[I+]c1ccccc1C(CCC)CCC. The van der Waals surface area contributed by atoms with Crippen molar-refractivity contribution in [2.24, 2.45) is 0 Å². The molecule has 0 saturated carbocycles. The van der Waals surface area contributed by atoms with Crippen LogP contribution in [0.1, 0.15) is 102 Å². The van der Waals surface area contributed by atoms with Crippen LogP contribution in [0.3, 0.4) is 0 Å². The van der Waals surface area contributed by atoms with Crippen molar-refractivity contribution >= 4 is 0 Å². The van der Waals surface area contributed by atoms with Crippen LogP contribution >= 0.6 is 0 Å². The van der Waals surface area contributed by atoms with Crippen LogP contribution in [0.15, 0.2) is 48.5 Å². The number of hydrogen-bond donors (Lipinski definition) is 0. The summed E-state index contributed by atoms with van der Waals surface area (Å²) < 4.78 is 3.31. The van der Waals surface area contributed by atoms with E-state index in [1.165, 1.54) is 51.4 Å². The summed E-state index contributed by atoms with van der Waals surface area (Å²) in [5, 5.41) is 0. The van der Waals surface area contributed by atoms with Gasteiger partial charge in [-0.3, -0.25) is 0 Å². The summed E-state index contributed by atoms with van der Waals surface area (Å²) in [5.41, 5.74) is 3.29. The van der Waals surface area contributed by atoms with E-state index in [2.05, 4.69) is 76.2 Å². The molecule has 2 rings (SSSR count). The maximum Gasteiger partial charge on any atom is 0.358 e. The minimum Gasteiger partial charge on any atom is -0.0654 e. The highest BCUT2D eigenvalue weighted by Gasteiger charge is 2.28. The molecule has 0 aromatic heterocycles. The Kier molecular flexibility index (Phi) is 10.5. The molecule has 1 heteroatoms. The van der Waals surface area contributed by atoms with Crippen LogP contribution in [-0.2, 0) is 0 Å². The van der Waals surface area contributed by atoms with Gasteiger partial charge in [0.1, 0.15) is 0 Å². The summed E-state index contributed by atoms with van der Waals surface area (Å²) in [5.74, 6) is 1.48. The minimum absolute atomic E-state index is 0.127. The average Bonchev–Trinajstić information content (AvgIpc) is 2.69. The Morgan fingerprint density at radius 2 is 0.889 bits per heavy atom. The van der Waals surface area contributed by atoms with Crippen LogP contribution in [0.25, 0.3) is 0 Å². The molecule has 0 bridgehead atoms. The van der Waals surface area contributed by atoms with Crippen molar-refractivity contribution in [3.63, 3.8) is 0 Å². The Morgan fingerprint density at radius 3 is 1.22 bits per heavy atom. The van der Waals surface area contributed by atoms with E-state index in [0.717, 1.165) is 11.8 Å². The summed E-state index contributed by atoms with van der Waals surface area (Å²) in [4.78, 5) is 0. The first-order valence-electron chi connectivity index (χ1n) is 11.1. The van der Waals surface area contributed by atoms with Crippen molar-refractivity contribution in [2.45, 2.75) is 90.9 Å². The first kappa shape index (κ1) is 22.5. The summed E-state index contributed by atoms with van der Waals surface area (Å²) in [7, 11) is 0. The lowest BCUT2D eigenvalue weighted by Crippen LogP contribution is -3.62. The second-order valence-electron chi connectivity index (χ2n) is 7.69. The minimum atomic E-state index is -0.127. The molecule has 0 nitrogen and oxygen atoms in total. The van der Waals surface area contributed by atoms with E-state index in [9.17, 15) is 0 Å². The van der Waals surface area contributed by atoms with Gasteiger partial charge in [-0.1, -0.05) is 89.8 Å². The first-order valence-corrected chi connectivity index (χ1v) is 13.2. The highest BCUT2D eigenvalue weighted by Crippen LogP contribution is 2.27. The molecule has 0 atom stereocenters. The van der Waals surface area contributed by atoms with Crippen molar-refractivity contribution in [1.29, 1.82) is 0 Å². The van der Waals surface area contributed by atoms with Crippen molar-refractivity contribution in [1.82, 2.24) is 0 Å². The third-order valence-electron chi connectivity index (χ3n) is 5.44. The van der Waals surface area contributed by atoms with Crippen molar-refractivity contribution < 1.29 is 21.2 Å². The molecule has 0 aliphatic heterocycles. The molecule has 0 fully saturated rings. The largest absolute Gasteiger partial charge is 0.358 e. The number of hydrogen-bond acceptors (Lipinski definition) is 0. The van der Waals surface area contributed by atoms with Crippen molar-refractivity contribution in [2.75, 3.05) is 0 Å². The summed E-state index contributed by atoms with van der Waals surface area (Å²) in [6.07, 6.45) is 10.4. The standard InChI is InChI=1S/C26H38I/c1-5-13-21(14-6-2)23-17-9-11-19-25(23)27-26-20-12-10-18-24(26)22(15-7-3)16-8-4/h9-12,17-22H,5-8,13-16H2,1-4H3/q+1. The molecule has 2 aromatic carbocycles. The number of benzene rings is 2. The molecule has 0 spiro atoms. The molecule has 0 amide bonds. The van der Waals surface area contributed by atoms with E-state index >= 15 is 0 Å². The van der Waals surface area contributed by atoms with E-state index in [4.69, 9.17) is 0 Å².